The van der Waals surface area contributed by atoms with Crippen molar-refractivity contribution < 1.29 is 9.59 Å². The van der Waals surface area contributed by atoms with E-state index in [4.69, 9.17) is 11.6 Å². The van der Waals surface area contributed by atoms with Gasteiger partial charge >= 0.3 is 0 Å². The fourth-order valence-electron chi connectivity index (χ4n) is 2.71. The second-order valence-corrected chi connectivity index (χ2v) is 8.07. The Hall–Kier alpha value is -1.98. The van der Waals surface area contributed by atoms with Crippen LogP contribution >= 0.6 is 23.4 Å². The van der Waals surface area contributed by atoms with Gasteiger partial charge in [-0.3, -0.25) is 9.59 Å². The van der Waals surface area contributed by atoms with E-state index >= 15 is 0 Å². The van der Waals surface area contributed by atoms with E-state index in [9.17, 15) is 9.59 Å². The number of rotatable bonds is 10. The zero-order chi connectivity index (χ0) is 20.4. The van der Waals surface area contributed by atoms with Gasteiger partial charge in [0, 0.05) is 35.2 Å². The highest BCUT2D eigenvalue weighted by molar-refractivity contribution is 7.99. The summed E-state index contributed by atoms with van der Waals surface area (Å²) in [5.74, 6) is 0.464. The van der Waals surface area contributed by atoms with Gasteiger partial charge in [-0.15, -0.1) is 11.8 Å². The minimum absolute atomic E-state index is 0.0532. The molecule has 0 spiro atoms. The quantitative estimate of drug-likeness (QED) is 0.565. The molecular formula is C22H27ClN2O2S. The lowest BCUT2D eigenvalue weighted by Crippen LogP contribution is -2.47. The Bertz CT molecular complexity index is 770. The Kier molecular flexibility index (Phi) is 9.38. The summed E-state index contributed by atoms with van der Waals surface area (Å²) in [6, 6.07) is 16.8. The van der Waals surface area contributed by atoms with Gasteiger partial charge in [-0.1, -0.05) is 54.9 Å². The summed E-state index contributed by atoms with van der Waals surface area (Å²) in [5.41, 5.74) is 0.836. The average Bonchev–Trinajstić information content (AvgIpc) is 2.71. The summed E-state index contributed by atoms with van der Waals surface area (Å²) >= 11 is 7.92. The van der Waals surface area contributed by atoms with Crippen LogP contribution in [0.5, 0.6) is 0 Å². The van der Waals surface area contributed by atoms with Crippen molar-refractivity contribution in [1.82, 2.24) is 10.2 Å². The van der Waals surface area contributed by atoms with Crippen molar-refractivity contribution in [1.29, 1.82) is 0 Å². The van der Waals surface area contributed by atoms with Crippen LogP contribution in [0.2, 0.25) is 5.02 Å². The molecule has 0 saturated carbocycles. The van der Waals surface area contributed by atoms with Gasteiger partial charge in [-0.05, 0) is 37.1 Å². The summed E-state index contributed by atoms with van der Waals surface area (Å²) in [4.78, 5) is 28.2. The van der Waals surface area contributed by atoms with E-state index in [-0.39, 0.29) is 11.8 Å². The Morgan fingerprint density at radius 1 is 1.11 bits per heavy atom. The second kappa shape index (κ2) is 11.8. The van der Waals surface area contributed by atoms with Crippen molar-refractivity contribution in [3.05, 3.63) is 65.2 Å². The molecule has 0 aliphatic carbocycles. The molecule has 28 heavy (non-hydrogen) atoms. The standard InChI is InChI=1S/C22H27ClN2O2S/c1-3-14-24-22(27)17(2)25(16-18-9-7-8-12-20(18)23)21(26)13-15-28-19-10-5-4-6-11-19/h4-12,17H,3,13-16H2,1-2H3,(H,24,27)/t17-/m0/s1. The smallest absolute Gasteiger partial charge is 0.242 e. The van der Waals surface area contributed by atoms with Crippen molar-refractivity contribution in [2.24, 2.45) is 0 Å². The molecule has 1 atom stereocenters. The van der Waals surface area contributed by atoms with Crippen LogP contribution in [0.4, 0.5) is 0 Å². The Labute approximate surface area is 176 Å². The summed E-state index contributed by atoms with van der Waals surface area (Å²) in [6.45, 7) is 4.68. The molecule has 0 heterocycles. The number of nitrogens with one attached hydrogen (secondary N) is 1. The van der Waals surface area contributed by atoms with Crippen LogP contribution in [0.25, 0.3) is 0 Å². The summed E-state index contributed by atoms with van der Waals surface area (Å²) in [5, 5.41) is 3.48. The third-order valence-electron chi connectivity index (χ3n) is 4.34. The molecule has 2 aromatic rings. The highest BCUT2D eigenvalue weighted by Crippen LogP contribution is 2.21. The van der Waals surface area contributed by atoms with Crippen LogP contribution < -0.4 is 5.32 Å². The lowest BCUT2D eigenvalue weighted by molar-refractivity contribution is -0.140. The molecule has 0 bridgehead atoms. The number of hydrogen-bond donors (Lipinski definition) is 1. The van der Waals surface area contributed by atoms with Crippen molar-refractivity contribution in [2.45, 2.75) is 44.2 Å². The van der Waals surface area contributed by atoms with Gasteiger partial charge < -0.3 is 10.2 Å². The maximum atomic E-state index is 13.0. The topological polar surface area (TPSA) is 49.4 Å². The molecule has 0 fully saturated rings. The first-order chi connectivity index (χ1) is 13.5. The van der Waals surface area contributed by atoms with E-state index in [1.165, 1.54) is 0 Å². The number of carbonyl (C=O) groups excluding carboxylic acids is 2. The molecule has 2 aromatic carbocycles. The number of carbonyl (C=O) groups is 2. The van der Waals surface area contributed by atoms with Gasteiger partial charge in [0.25, 0.3) is 0 Å². The van der Waals surface area contributed by atoms with Crippen LogP contribution in [0.15, 0.2) is 59.5 Å². The SMILES string of the molecule is CCCNC(=O)[C@H](C)N(Cc1ccccc1Cl)C(=O)CCSc1ccccc1. The van der Waals surface area contributed by atoms with Crippen molar-refractivity contribution >= 4 is 35.2 Å². The predicted octanol–water partition coefficient (Wildman–Crippen LogP) is 4.77. The predicted molar refractivity (Wildman–Crippen MR) is 117 cm³/mol. The van der Waals surface area contributed by atoms with Gasteiger partial charge in [0.2, 0.25) is 11.8 Å². The molecule has 4 nitrogen and oxygen atoms in total. The summed E-state index contributed by atoms with van der Waals surface area (Å²) < 4.78 is 0. The van der Waals surface area contributed by atoms with Crippen molar-refractivity contribution in [3.8, 4) is 0 Å². The number of thioether (sulfide) groups is 1. The molecule has 2 rings (SSSR count). The zero-order valence-electron chi connectivity index (χ0n) is 16.4. The van der Waals surface area contributed by atoms with E-state index < -0.39 is 6.04 Å². The molecule has 150 valence electrons. The Balaban J connectivity index is 2.06. The molecule has 0 aliphatic rings. The molecule has 0 aliphatic heterocycles. The van der Waals surface area contributed by atoms with E-state index in [1.54, 1.807) is 29.7 Å². The molecule has 0 unspecified atom stereocenters. The highest BCUT2D eigenvalue weighted by Gasteiger charge is 2.26. The number of halogens is 1. The lowest BCUT2D eigenvalue weighted by atomic mass is 10.1. The number of benzene rings is 2. The van der Waals surface area contributed by atoms with Crippen LogP contribution in [-0.2, 0) is 16.1 Å². The van der Waals surface area contributed by atoms with Gasteiger partial charge in [-0.2, -0.15) is 0 Å². The van der Waals surface area contributed by atoms with Gasteiger partial charge in [0.1, 0.15) is 6.04 Å². The fraction of sp³-hybridized carbons (Fsp3) is 0.364. The van der Waals surface area contributed by atoms with Crippen LogP contribution in [-0.4, -0.2) is 35.1 Å². The lowest BCUT2D eigenvalue weighted by Gasteiger charge is -2.29. The molecule has 6 heteroatoms. The highest BCUT2D eigenvalue weighted by atomic mass is 35.5. The maximum absolute atomic E-state index is 13.0. The van der Waals surface area contributed by atoms with Crippen LogP contribution in [0.3, 0.4) is 0 Å². The molecule has 2 amide bonds. The zero-order valence-corrected chi connectivity index (χ0v) is 17.9. The normalized spacial score (nSPS) is 11.7. The molecule has 0 saturated heterocycles. The maximum Gasteiger partial charge on any atom is 0.242 e. The van der Waals surface area contributed by atoms with Crippen LogP contribution in [0.1, 0.15) is 32.3 Å². The third-order valence-corrected chi connectivity index (χ3v) is 5.73. The second-order valence-electron chi connectivity index (χ2n) is 6.49. The summed E-state index contributed by atoms with van der Waals surface area (Å²) in [7, 11) is 0. The van der Waals surface area contributed by atoms with Crippen molar-refractivity contribution in [2.75, 3.05) is 12.3 Å². The third kappa shape index (κ3) is 6.88. The number of hydrogen-bond acceptors (Lipinski definition) is 3. The van der Waals surface area contributed by atoms with E-state index in [0.717, 1.165) is 16.9 Å². The Morgan fingerprint density at radius 3 is 2.46 bits per heavy atom. The molecule has 0 radical (unpaired) electrons. The van der Waals surface area contributed by atoms with Crippen LogP contribution in [0, 0.1) is 0 Å². The monoisotopic (exact) mass is 418 g/mol. The van der Waals surface area contributed by atoms with E-state index in [1.807, 2.05) is 55.5 Å². The first-order valence-corrected chi connectivity index (χ1v) is 10.9. The number of nitrogens with zero attached hydrogens (tertiary/aromatic N) is 1. The van der Waals surface area contributed by atoms with Gasteiger partial charge in [-0.25, -0.2) is 0 Å². The first-order valence-electron chi connectivity index (χ1n) is 9.51. The van der Waals surface area contributed by atoms with Crippen molar-refractivity contribution in [3.63, 3.8) is 0 Å². The minimum atomic E-state index is -0.558. The molecule has 1 N–H and O–H groups in total. The summed E-state index contributed by atoms with van der Waals surface area (Å²) in [6.07, 6.45) is 1.21. The molecule has 0 aromatic heterocycles. The van der Waals surface area contributed by atoms with E-state index in [2.05, 4.69) is 5.32 Å². The Morgan fingerprint density at radius 2 is 1.79 bits per heavy atom. The average molecular weight is 419 g/mol. The van der Waals surface area contributed by atoms with Gasteiger partial charge in [0.05, 0.1) is 0 Å². The van der Waals surface area contributed by atoms with E-state index in [0.29, 0.717) is 30.3 Å². The number of amides is 2. The molecular weight excluding hydrogens is 392 g/mol. The first kappa shape index (κ1) is 22.3. The fourth-order valence-corrected chi connectivity index (χ4v) is 3.76. The minimum Gasteiger partial charge on any atom is -0.354 e. The largest absolute Gasteiger partial charge is 0.354 e. The van der Waals surface area contributed by atoms with Gasteiger partial charge in [0.15, 0.2) is 0 Å².